The van der Waals surface area contributed by atoms with E-state index < -0.39 is 6.04 Å². The molecule has 0 spiro atoms. The number of aromatic nitrogens is 1. The fourth-order valence-corrected chi connectivity index (χ4v) is 3.36. The van der Waals surface area contributed by atoms with Crippen LogP contribution in [0.25, 0.3) is 10.9 Å². The molecule has 0 saturated carbocycles. The van der Waals surface area contributed by atoms with Crippen LogP contribution in [0, 0.1) is 5.92 Å². The quantitative estimate of drug-likeness (QED) is 0.440. The number of carbonyl (C=O) groups is 2. The number of nitrogens with zero attached hydrogens (tertiary/aromatic N) is 2. The van der Waals surface area contributed by atoms with Crippen LogP contribution in [-0.2, 0) is 11.3 Å². The van der Waals surface area contributed by atoms with Gasteiger partial charge in [0.25, 0.3) is 11.8 Å². The lowest BCUT2D eigenvalue weighted by molar-refractivity contribution is -0.123. The maximum atomic E-state index is 12.7. The van der Waals surface area contributed by atoms with Gasteiger partial charge in [0.15, 0.2) is 0 Å². The Morgan fingerprint density at radius 3 is 2.50 bits per heavy atom. The average Bonchev–Trinajstić information content (AvgIpc) is 3.10. The monoisotopic (exact) mass is 424 g/mol. The number of aryl methyl sites for hydroxylation is 1. The van der Waals surface area contributed by atoms with Crippen molar-refractivity contribution in [2.45, 2.75) is 33.4 Å². The van der Waals surface area contributed by atoms with Crippen molar-refractivity contribution < 1.29 is 9.59 Å². The number of carbonyl (C=O) groups excluding carboxylic acids is 2. The van der Waals surface area contributed by atoms with Gasteiger partial charge in [0.1, 0.15) is 6.04 Å². The van der Waals surface area contributed by atoms with Gasteiger partial charge in [0, 0.05) is 39.8 Å². The summed E-state index contributed by atoms with van der Waals surface area (Å²) in [5, 5.41) is 8.51. The predicted octanol–water partition coefficient (Wildman–Crippen LogP) is 4.22. The highest BCUT2D eigenvalue weighted by Gasteiger charge is 2.24. The third-order valence-corrected chi connectivity index (χ3v) is 5.13. The molecule has 2 N–H and O–H groups in total. The highest BCUT2D eigenvalue weighted by atomic mass is 35.5. The summed E-state index contributed by atoms with van der Waals surface area (Å²) in [7, 11) is 0. The molecule has 0 bridgehead atoms. The summed E-state index contributed by atoms with van der Waals surface area (Å²) in [6.07, 6.45) is 3.63. The first-order valence-electron chi connectivity index (χ1n) is 9.88. The number of hydrogen-bond donors (Lipinski definition) is 2. The number of hydrazone groups is 1. The van der Waals surface area contributed by atoms with Gasteiger partial charge in [-0.05, 0) is 43.2 Å². The Morgan fingerprint density at radius 1 is 1.13 bits per heavy atom. The van der Waals surface area contributed by atoms with E-state index in [1.165, 1.54) is 0 Å². The van der Waals surface area contributed by atoms with Crippen molar-refractivity contribution in [3.8, 4) is 0 Å². The van der Waals surface area contributed by atoms with Gasteiger partial charge in [0.05, 0.1) is 6.21 Å². The van der Waals surface area contributed by atoms with Crippen LogP contribution in [0.2, 0.25) is 5.02 Å². The topological polar surface area (TPSA) is 75.5 Å². The lowest BCUT2D eigenvalue weighted by Crippen LogP contribution is -2.48. The summed E-state index contributed by atoms with van der Waals surface area (Å²) < 4.78 is 2.13. The second-order valence-corrected chi connectivity index (χ2v) is 7.76. The van der Waals surface area contributed by atoms with Gasteiger partial charge in [-0.15, -0.1) is 0 Å². The van der Waals surface area contributed by atoms with Crippen LogP contribution < -0.4 is 10.7 Å². The van der Waals surface area contributed by atoms with E-state index in [1.54, 1.807) is 30.5 Å². The zero-order chi connectivity index (χ0) is 21.7. The summed E-state index contributed by atoms with van der Waals surface area (Å²) in [5.74, 6) is -0.822. The van der Waals surface area contributed by atoms with Gasteiger partial charge in [-0.2, -0.15) is 5.10 Å². The van der Waals surface area contributed by atoms with Gasteiger partial charge < -0.3 is 9.88 Å². The van der Waals surface area contributed by atoms with Crippen LogP contribution >= 0.6 is 11.6 Å². The normalized spacial score (nSPS) is 12.4. The van der Waals surface area contributed by atoms with E-state index in [2.05, 4.69) is 33.4 Å². The minimum atomic E-state index is -0.720. The van der Waals surface area contributed by atoms with Crippen LogP contribution in [0.5, 0.6) is 0 Å². The molecule has 7 heteroatoms. The van der Waals surface area contributed by atoms with Crippen LogP contribution in [0.15, 0.2) is 59.8 Å². The molecule has 0 saturated heterocycles. The molecule has 2 amide bonds. The maximum absolute atomic E-state index is 12.7. The Kier molecular flexibility index (Phi) is 6.90. The minimum absolute atomic E-state index is 0.113. The number of hydrogen-bond acceptors (Lipinski definition) is 3. The number of benzene rings is 2. The fourth-order valence-electron chi connectivity index (χ4n) is 3.24. The molecule has 0 radical (unpaired) electrons. The first-order valence-corrected chi connectivity index (χ1v) is 10.3. The SMILES string of the molecule is CCn1cc(C=NNC(=O)C(NC(=O)c2ccc(Cl)cc2)C(C)C)c2ccccc21. The van der Waals surface area contributed by atoms with E-state index in [0.717, 1.165) is 23.0 Å². The molecule has 2 aromatic carbocycles. The lowest BCUT2D eigenvalue weighted by Gasteiger charge is -2.20. The van der Waals surface area contributed by atoms with Gasteiger partial charge in [-0.3, -0.25) is 9.59 Å². The molecule has 156 valence electrons. The molecule has 0 fully saturated rings. The second kappa shape index (κ2) is 9.59. The molecule has 0 aliphatic rings. The van der Waals surface area contributed by atoms with Crippen LogP contribution in [0.4, 0.5) is 0 Å². The summed E-state index contributed by atoms with van der Waals surface area (Å²) in [5.41, 5.74) is 5.02. The molecule has 0 aliphatic carbocycles. The van der Waals surface area contributed by atoms with E-state index in [0.29, 0.717) is 10.6 Å². The van der Waals surface area contributed by atoms with Crippen molar-refractivity contribution in [1.82, 2.24) is 15.3 Å². The van der Waals surface area contributed by atoms with Crippen LogP contribution in [-0.4, -0.2) is 28.6 Å². The van der Waals surface area contributed by atoms with Crippen molar-refractivity contribution in [3.63, 3.8) is 0 Å². The third kappa shape index (κ3) is 4.89. The number of nitrogens with one attached hydrogen (secondary N) is 2. The Labute approximate surface area is 180 Å². The van der Waals surface area contributed by atoms with E-state index in [4.69, 9.17) is 11.6 Å². The number of fused-ring (bicyclic) bond motifs is 1. The lowest BCUT2D eigenvalue weighted by atomic mass is 10.0. The number of amides is 2. The van der Waals surface area contributed by atoms with E-state index in [1.807, 2.05) is 38.2 Å². The molecule has 6 nitrogen and oxygen atoms in total. The van der Waals surface area contributed by atoms with Crippen LogP contribution in [0.3, 0.4) is 0 Å². The van der Waals surface area contributed by atoms with Gasteiger partial charge >= 0.3 is 0 Å². The Balaban J connectivity index is 1.70. The molecule has 30 heavy (non-hydrogen) atoms. The summed E-state index contributed by atoms with van der Waals surface area (Å²) in [4.78, 5) is 25.1. The van der Waals surface area contributed by atoms with Gasteiger partial charge in [-0.1, -0.05) is 43.6 Å². The Bertz CT molecular complexity index is 1070. The van der Waals surface area contributed by atoms with E-state index >= 15 is 0 Å². The summed E-state index contributed by atoms with van der Waals surface area (Å²) >= 11 is 5.86. The van der Waals surface area contributed by atoms with Gasteiger partial charge in [-0.25, -0.2) is 5.43 Å². The number of para-hydroxylation sites is 1. The first-order chi connectivity index (χ1) is 14.4. The maximum Gasteiger partial charge on any atom is 0.262 e. The largest absolute Gasteiger partial charge is 0.347 e. The number of rotatable bonds is 7. The third-order valence-electron chi connectivity index (χ3n) is 4.88. The molecule has 1 unspecified atom stereocenters. The van der Waals surface area contributed by atoms with E-state index in [9.17, 15) is 9.59 Å². The van der Waals surface area contributed by atoms with Crippen molar-refractivity contribution in [2.24, 2.45) is 11.0 Å². The molecular weight excluding hydrogens is 400 g/mol. The first kappa shape index (κ1) is 21.6. The van der Waals surface area contributed by atoms with Crippen molar-refractivity contribution in [1.29, 1.82) is 0 Å². The van der Waals surface area contributed by atoms with Gasteiger partial charge in [0.2, 0.25) is 0 Å². The Morgan fingerprint density at radius 2 is 1.83 bits per heavy atom. The fraction of sp³-hybridized carbons (Fsp3) is 0.261. The molecule has 3 rings (SSSR count). The number of halogens is 1. The predicted molar refractivity (Wildman–Crippen MR) is 121 cm³/mol. The smallest absolute Gasteiger partial charge is 0.262 e. The minimum Gasteiger partial charge on any atom is -0.347 e. The molecule has 1 heterocycles. The summed E-state index contributed by atoms with van der Waals surface area (Å²) in [6.45, 7) is 6.65. The Hall–Kier alpha value is -3.12. The molecule has 1 atom stereocenters. The molecular formula is C23H25ClN4O2. The van der Waals surface area contributed by atoms with Crippen molar-refractivity contribution >= 4 is 40.5 Å². The standard InChI is InChI=1S/C23H25ClN4O2/c1-4-28-14-17(19-7-5-6-8-20(19)28)13-25-27-23(30)21(15(2)3)26-22(29)16-9-11-18(24)12-10-16/h5-15,21H,4H2,1-3H3,(H,26,29)(H,27,30). The van der Waals surface area contributed by atoms with Crippen molar-refractivity contribution in [2.75, 3.05) is 0 Å². The summed E-state index contributed by atoms with van der Waals surface area (Å²) in [6, 6.07) is 13.8. The molecule has 1 aromatic heterocycles. The molecule has 3 aromatic rings. The average molecular weight is 425 g/mol. The highest BCUT2D eigenvalue weighted by molar-refractivity contribution is 6.30. The van der Waals surface area contributed by atoms with E-state index in [-0.39, 0.29) is 17.7 Å². The molecule has 0 aliphatic heterocycles. The highest BCUT2D eigenvalue weighted by Crippen LogP contribution is 2.19. The van der Waals surface area contributed by atoms with Crippen LogP contribution in [0.1, 0.15) is 36.7 Å². The zero-order valence-corrected chi connectivity index (χ0v) is 18.0. The second-order valence-electron chi connectivity index (χ2n) is 7.32. The zero-order valence-electron chi connectivity index (χ0n) is 17.2. The van der Waals surface area contributed by atoms with Crippen molar-refractivity contribution in [3.05, 3.63) is 70.9 Å².